The van der Waals surface area contributed by atoms with Crippen molar-refractivity contribution in [3.8, 4) is 11.5 Å². The lowest BCUT2D eigenvalue weighted by Gasteiger charge is -2.27. The largest absolute Gasteiger partial charge is 0.497 e. The molecule has 0 unspecified atom stereocenters. The maximum Gasteiger partial charge on any atom is 0.241 e. The molecule has 36 heavy (non-hydrogen) atoms. The molecule has 3 N–H and O–H groups in total. The fourth-order valence-corrected chi connectivity index (χ4v) is 5.15. The van der Waals surface area contributed by atoms with Crippen LogP contribution >= 0.6 is 0 Å². The quantitative estimate of drug-likeness (QED) is 0.329. The molecule has 0 bridgehead atoms. The van der Waals surface area contributed by atoms with Gasteiger partial charge in [0.25, 0.3) is 0 Å². The predicted molar refractivity (Wildman–Crippen MR) is 143 cm³/mol. The van der Waals surface area contributed by atoms with Crippen molar-refractivity contribution < 1.29 is 17.9 Å². The molecule has 0 spiro atoms. The second-order valence-electron chi connectivity index (χ2n) is 9.92. The number of hydrogen-bond donors (Lipinski definition) is 2. The summed E-state index contributed by atoms with van der Waals surface area (Å²) in [4.78, 5) is 4.92. The number of nitrogens with zero attached hydrogens (tertiary/aromatic N) is 2. The van der Waals surface area contributed by atoms with Crippen LogP contribution in [0.4, 0.5) is 11.5 Å². The highest BCUT2D eigenvalue weighted by atomic mass is 32.2. The van der Waals surface area contributed by atoms with E-state index in [4.69, 9.17) is 20.3 Å². The van der Waals surface area contributed by atoms with E-state index in [-0.39, 0.29) is 16.9 Å². The van der Waals surface area contributed by atoms with Crippen molar-refractivity contribution in [3.05, 3.63) is 70.4 Å². The third-order valence-corrected chi connectivity index (χ3v) is 7.30. The molecule has 1 aromatic heterocycles. The van der Waals surface area contributed by atoms with E-state index in [1.54, 1.807) is 11.1 Å². The average molecular weight is 513 g/mol. The number of sulfonamides is 1. The van der Waals surface area contributed by atoms with Gasteiger partial charge in [0.05, 0.1) is 24.8 Å². The van der Waals surface area contributed by atoms with E-state index in [1.807, 2.05) is 32.9 Å². The number of rotatable bonds is 8. The molecule has 194 valence electrons. The van der Waals surface area contributed by atoms with Gasteiger partial charge in [0.15, 0.2) is 5.82 Å². The van der Waals surface area contributed by atoms with Gasteiger partial charge in [0, 0.05) is 41.4 Å². The number of ether oxygens (including phenoxy) is 2. The maximum atomic E-state index is 13.2. The molecule has 0 amide bonds. The van der Waals surface area contributed by atoms with Crippen molar-refractivity contribution in [2.75, 3.05) is 19.2 Å². The van der Waals surface area contributed by atoms with E-state index >= 15 is 0 Å². The van der Waals surface area contributed by atoms with E-state index in [1.165, 1.54) is 26.4 Å². The van der Waals surface area contributed by atoms with Crippen LogP contribution in [0.5, 0.6) is 11.5 Å². The number of nitrogens with two attached hydrogens (primary N) is 1. The van der Waals surface area contributed by atoms with Gasteiger partial charge in [0.1, 0.15) is 11.5 Å². The number of nitrogens with one attached hydrogen (secondary N) is 1. The van der Waals surface area contributed by atoms with Crippen LogP contribution in [0.25, 0.3) is 0 Å². The lowest BCUT2D eigenvalue weighted by atomic mass is 9.91. The first kappa shape index (κ1) is 27.4. The van der Waals surface area contributed by atoms with Crippen LogP contribution in [-0.4, -0.2) is 27.6 Å². The first-order chi connectivity index (χ1) is 16.8. The zero-order valence-corrected chi connectivity index (χ0v) is 23.1. The summed E-state index contributed by atoms with van der Waals surface area (Å²) in [6, 6.07) is 12.4. The average Bonchev–Trinajstić information content (AvgIpc) is 2.80. The lowest BCUT2D eigenvalue weighted by Crippen LogP contribution is -2.31. The topological polar surface area (TPSA) is 107 Å². The second kappa shape index (κ2) is 10.5. The van der Waals surface area contributed by atoms with Crippen LogP contribution in [-0.2, 0) is 22.0 Å². The Labute approximate surface area is 214 Å². The van der Waals surface area contributed by atoms with Crippen molar-refractivity contribution in [1.82, 2.24) is 9.71 Å². The molecule has 0 aliphatic carbocycles. The Bertz CT molecular complexity index is 1320. The first-order valence-electron chi connectivity index (χ1n) is 11.6. The van der Waals surface area contributed by atoms with Gasteiger partial charge in [0.2, 0.25) is 10.0 Å². The van der Waals surface area contributed by atoms with Crippen molar-refractivity contribution >= 4 is 21.5 Å². The highest BCUT2D eigenvalue weighted by molar-refractivity contribution is 7.89. The number of anilines is 2. The van der Waals surface area contributed by atoms with Crippen molar-refractivity contribution in [3.63, 3.8) is 0 Å². The van der Waals surface area contributed by atoms with Crippen LogP contribution < -0.4 is 25.0 Å². The van der Waals surface area contributed by atoms with Crippen LogP contribution in [0.3, 0.4) is 0 Å². The molecule has 3 rings (SSSR count). The fourth-order valence-electron chi connectivity index (χ4n) is 4.09. The number of methoxy groups -OCH3 is 2. The Morgan fingerprint density at radius 2 is 1.50 bits per heavy atom. The molecule has 1 heterocycles. The summed E-state index contributed by atoms with van der Waals surface area (Å²) in [5.74, 6) is 7.92. The molecule has 9 heteroatoms. The van der Waals surface area contributed by atoms with E-state index in [0.29, 0.717) is 22.9 Å². The Balaban J connectivity index is 2.04. The van der Waals surface area contributed by atoms with E-state index < -0.39 is 10.0 Å². The lowest BCUT2D eigenvalue weighted by molar-refractivity contribution is 0.392. The van der Waals surface area contributed by atoms with Gasteiger partial charge >= 0.3 is 0 Å². The Morgan fingerprint density at radius 1 is 0.944 bits per heavy atom. The van der Waals surface area contributed by atoms with Crippen LogP contribution in [0.1, 0.15) is 48.7 Å². The highest BCUT2D eigenvalue weighted by Crippen LogP contribution is 2.33. The van der Waals surface area contributed by atoms with E-state index in [9.17, 15) is 8.42 Å². The van der Waals surface area contributed by atoms with Crippen molar-refractivity contribution in [2.45, 2.75) is 58.4 Å². The SMILES string of the molecule is COc1cc(OC)cc(S(=O)(=O)NCc2ccc(C(C)(C)C)nc2N(N)c2c(C)cc(C)cc2C)c1. The summed E-state index contributed by atoms with van der Waals surface area (Å²) in [7, 11) is -0.947. The number of hydrogen-bond acceptors (Lipinski definition) is 7. The van der Waals surface area contributed by atoms with Crippen molar-refractivity contribution in [2.24, 2.45) is 5.84 Å². The van der Waals surface area contributed by atoms with Gasteiger partial charge < -0.3 is 9.47 Å². The monoisotopic (exact) mass is 512 g/mol. The molecule has 0 radical (unpaired) electrons. The number of benzene rings is 2. The number of hydrazine groups is 1. The molecule has 0 saturated heterocycles. The van der Waals surface area contributed by atoms with Gasteiger partial charge in [-0.2, -0.15) is 0 Å². The highest BCUT2D eigenvalue weighted by Gasteiger charge is 2.23. The van der Waals surface area contributed by atoms with Gasteiger partial charge in [-0.15, -0.1) is 0 Å². The number of aromatic nitrogens is 1. The zero-order valence-electron chi connectivity index (χ0n) is 22.3. The minimum atomic E-state index is -3.89. The van der Waals surface area contributed by atoms with Gasteiger partial charge in [-0.3, -0.25) is 5.01 Å². The van der Waals surface area contributed by atoms with E-state index in [0.717, 1.165) is 28.1 Å². The second-order valence-corrected chi connectivity index (χ2v) is 11.7. The Morgan fingerprint density at radius 3 is 2.00 bits per heavy atom. The standard InChI is InChI=1S/C27H36N4O4S/c1-17-11-18(2)25(19(3)12-17)31(28)26-20(9-10-24(30-26)27(4,5)6)16-29-36(32,33)23-14-21(34-7)13-22(15-23)35-8/h9-15,29H,16,28H2,1-8H3. The molecular formula is C27H36N4O4S. The van der Waals surface area contributed by atoms with Crippen molar-refractivity contribution in [1.29, 1.82) is 0 Å². The summed E-state index contributed by atoms with van der Waals surface area (Å²) >= 11 is 0. The molecule has 3 aromatic rings. The predicted octanol–water partition coefficient (Wildman–Crippen LogP) is 4.81. The zero-order chi connectivity index (χ0) is 26.8. The Kier molecular flexibility index (Phi) is 7.97. The van der Waals surface area contributed by atoms with Crippen LogP contribution in [0.2, 0.25) is 0 Å². The molecular weight excluding hydrogens is 476 g/mol. The summed E-state index contributed by atoms with van der Waals surface area (Å²) in [6.07, 6.45) is 0. The van der Waals surface area contributed by atoms with Crippen LogP contribution in [0.15, 0.2) is 47.4 Å². The minimum Gasteiger partial charge on any atom is -0.497 e. The van der Waals surface area contributed by atoms with E-state index in [2.05, 4.69) is 37.6 Å². The molecule has 2 aromatic carbocycles. The number of aryl methyl sites for hydroxylation is 3. The molecule has 0 aliphatic heterocycles. The summed E-state index contributed by atoms with van der Waals surface area (Å²) < 4.78 is 39.5. The molecule has 0 fully saturated rings. The fraction of sp³-hybridized carbons (Fsp3) is 0.370. The smallest absolute Gasteiger partial charge is 0.241 e. The Hall–Kier alpha value is -3.14. The maximum absolute atomic E-state index is 13.2. The molecule has 0 saturated carbocycles. The van der Waals surface area contributed by atoms with Gasteiger partial charge in [-0.05, 0) is 38.0 Å². The first-order valence-corrected chi connectivity index (χ1v) is 13.1. The number of pyridine rings is 1. The third-order valence-electron chi connectivity index (χ3n) is 5.92. The van der Waals surface area contributed by atoms with Crippen LogP contribution in [0, 0.1) is 20.8 Å². The van der Waals surface area contributed by atoms with Gasteiger partial charge in [-0.1, -0.05) is 44.5 Å². The summed E-state index contributed by atoms with van der Waals surface area (Å²) in [5, 5.41) is 1.55. The molecule has 0 aliphatic rings. The van der Waals surface area contributed by atoms with Gasteiger partial charge in [-0.25, -0.2) is 24.0 Å². The third kappa shape index (κ3) is 5.98. The molecule has 0 atom stereocenters. The summed E-state index contributed by atoms with van der Waals surface area (Å²) in [5.41, 5.74) is 5.26. The minimum absolute atomic E-state index is 0.00767. The summed E-state index contributed by atoms with van der Waals surface area (Å²) in [6.45, 7) is 12.2. The molecule has 8 nitrogen and oxygen atoms in total. The normalized spacial score (nSPS) is 11.9.